The Kier molecular flexibility index (Phi) is 8.79. The first-order chi connectivity index (χ1) is 9.58. The summed E-state index contributed by atoms with van der Waals surface area (Å²) in [5.41, 5.74) is 0. The molecule has 0 aromatic carbocycles. The lowest BCUT2D eigenvalue weighted by atomic mass is 9.95. The van der Waals surface area contributed by atoms with E-state index < -0.39 is 0 Å². The quantitative estimate of drug-likeness (QED) is 0.672. The van der Waals surface area contributed by atoms with Crippen molar-refractivity contribution < 1.29 is 0 Å². The normalized spacial score (nSPS) is 19.2. The second-order valence-electron chi connectivity index (χ2n) is 7.15. The summed E-state index contributed by atoms with van der Waals surface area (Å²) in [6.45, 7) is 14.2. The van der Waals surface area contributed by atoms with Crippen LogP contribution in [-0.2, 0) is 0 Å². The van der Waals surface area contributed by atoms with Crippen molar-refractivity contribution in [3.63, 3.8) is 0 Å². The molecule has 0 aromatic rings. The molecule has 1 saturated carbocycles. The van der Waals surface area contributed by atoms with Crippen LogP contribution in [0, 0.1) is 5.92 Å². The molecule has 1 aliphatic carbocycles. The van der Waals surface area contributed by atoms with Gasteiger partial charge in [0.25, 0.3) is 0 Å². The average Bonchev–Trinajstić information content (AvgIpc) is 2.45. The highest BCUT2D eigenvalue weighted by atomic mass is 15.2. The molecule has 0 aromatic heterocycles. The van der Waals surface area contributed by atoms with Gasteiger partial charge in [-0.1, -0.05) is 47.0 Å². The second-order valence-corrected chi connectivity index (χ2v) is 7.15. The first kappa shape index (κ1) is 18.0. The number of rotatable bonds is 9. The van der Waals surface area contributed by atoms with Crippen LogP contribution in [0.15, 0.2) is 0 Å². The SMILES string of the molecule is CCC(CC)N(CC(C)C)C(C)CNC1CCCCC1. The summed E-state index contributed by atoms with van der Waals surface area (Å²) in [4.78, 5) is 2.75. The van der Waals surface area contributed by atoms with Gasteiger partial charge in [-0.2, -0.15) is 0 Å². The molecular weight excluding hydrogens is 244 g/mol. The minimum Gasteiger partial charge on any atom is -0.312 e. The maximum atomic E-state index is 3.84. The zero-order valence-electron chi connectivity index (χ0n) is 14.6. The van der Waals surface area contributed by atoms with E-state index >= 15 is 0 Å². The molecule has 0 heterocycles. The van der Waals surface area contributed by atoms with Gasteiger partial charge >= 0.3 is 0 Å². The zero-order chi connectivity index (χ0) is 15.0. The molecule has 2 nitrogen and oxygen atoms in total. The number of nitrogens with one attached hydrogen (secondary N) is 1. The summed E-state index contributed by atoms with van der Waals surface area (Å²) in [5, 5.41) is 3.84. The zero-order valence-corrected chi connectivity index (χ0v) is 14.6. The largest absolute Gasteiger partial charge is 0.312 e. The molecule has 1 aliphatic rings. The Balaban J connectivity index is 2.46. The summed E-state index contributed by atoms with van der Waals surface area (Å²) in [6.07, 6.45) is 9.63. The van der Waals surface area contributed by atoms with E-state index in [9.17, 15) is 0 Å². The third-order valence-corrected chi connectivity index (χ3v) is 4.86. The van der Waals surface area contributed by atoms with Gasteiger partial charge in [0.2, 0.25) is 0 Å². The molecule has 0 amide bonds. The van der Waals surface area contributed by atoms with E-state index in [0.29, 0.717) is 6.04 Å². The first-order valence-corrected chi connectivity index (χ1v) is 9.07. The number of nitrogens with zero attached hydrogens (tertiary/aromatic N) is 1. The number of hydrogen-bond donors (Lipinski definition) is 1. The van der Waals surface area contributed by atoms with Crippen LogP contribution < -0.4 is 5.32 Å². The van der Waals surface area contributed by atoms with Crippen LogP contribution in [0.2, 0.25) is 0 Å². The molecule has 0 radical (unpaired) electrons. The fourth-order valence-electron chi connectivity index (χ4n) is 3.63. The van der Waals surface area contributed by atoms with Gasteiger partial charge in [0.1, 0.15) is 0 Å². The van der Waals surface area contributed by atoms with E-state index in [1.165, 1.54) is 51.5 Å². The van der Waals surface area contributed by atoms with Gasteiger partial charge < -0.3 is 5.32 Å². The summed E-state index contributed by atoms with van der Waals surface area (Å²) >= 11 is 0. The molecule has 1 N–H and O–H groups in total. The smallest absolute Gasteiger partial charge is 0.0195 e. The predicted molar refractivity (Wildman–Crippen MR) is 90.3 cm³/mol. The van der Waals surface area contributed by atoms with Crippen molar-refractivity contribution in [1.29, 1.82) is 0 Å². The minimum atomic E-state index is 0.657. The van der Waals surface area contributed by atoms with Gasteiger partial charge in [-0.05, 0) is 38.5 Å². The highest BCUT2D eigenvalue weighted by Gasteiger charge is 2.23. The molecule has 0 spiro atoms. The van der Waals surface area contributed by atoms with Gasteiger partial charge in [-0.15, -0.1) is 0 Å². The molecule has 0 saturated heterocycles. The van der Waals surface area contributed by atoms with E-state index in [-0.39, 0.29) is 0 Å². The fraction of sp³-hybridized carbons (Fsp3) is 1.00. The summed E-state index contributed by atoms with van der Waals surface area (Å²) < 4.78 is 0. The van der Waals surface area contributed by atoms with Gasteiger partial charge in [-0.3, -0.25) is 4.90 Å². The maximum Gasteiger partial charge on any atom is 0.0195 e. The second kappa shape index (κ2) is 9.78. The minimum absolute atomic E-state index is 0.657. The topological polar surface area (TPSA) is 15.3 Å². The van der Waals surface area contributed by atoms with Crippen molar-refractivity contribution in [2.75, 3.05) is 13.1 Å². The van der Waals surface area contributed by atoms with Gasteiger partial charge in [0.15, 0.2) is 0 Å². The monoisotopic (exact) mass is 282 g/mol. The third-order valence-electron chi connectivity index (χ3n) is 4.86. The summed E-state index contributed by atoms with van der Waals surface area (Å²) in [6, 6.07) is 2.19. The van der Waals surface area contributed by atoms with Crippen molar-refractivity contribution in [3.05, 3.63) is 0 Å². The molecule has 0 aliphatic heterocycles. The molecule has 120 valence electrons. The molecule has 2 heteroatoms. The standard InChI is InChI=1S/C18H38N2/c1-6-18(7-2)20(14-15(3)4)16(5)13-19-17-11-9-8-10-12-17/h15-19H,6-14H2,1-5H3. The van der Waals surface area contributed by atoms with Crippen LogP contribution in [0.4, 0.5) is 0 Å². The van der Waals surface area contributed by atoms with Crippen LogP contribution in [0.5, 0.6) is 0 Å². The molecule has 1 fully saturated rings. The molecular formula is C18H38N2. The lowest BCUT2D eigenvalue weighted by molar-refractivity contribution is 0.113. The Morgan fingerprint density at radius 3 is 2.10 bits per heavy atom. The van der Waals surface area contributed by atoms with E-state index in [1.54, 1.807) is 0 Å². The van der Waals surface area contributed by atoms with E-state index in [0.717, 1.165) is 24.5 Å². The van der Waals surface area contributed by atoms with Crippen molar-refractivity contribution in [2.45, 2.75) is 97.7 Å². The van der Waals surface area contributed by atoms with Crippen LogP contribution in [0.1, 0.15) is 79.6 Å². The lowest BCUT2D eigenvalue weighted by Crippen LogP contribution is -2.49. The van der Waals surface area contributed by atoms with E-state index in [2.05, 4.69) is 44.8 Å². The van der Waals surface area contributed by atoms with Crippen molar-refractivity contribution in [1.82, 2.24) is 10.2 Å². The Morgan fingerprint density at radius 1 is 1.00 bits per heavy atom. The van der Waals surface area contributed by atoms with Crippen LogP contribution in [0.25, 0.3) is 0 Å². The van der Waals surface area contributed by atoms with E-state index in [4.69, 9.17) is 0 Å². The highest BCUT2D eigenvalue weighted by Crippen LogP contribution is 2.19. The molecule has 1 unspecified atom stereocenters. The van der Waals surface area contributed by atoms with Crippen molar-refractivity contribution in [2.24, 2.45) is 5.92 Å². The predicted octanol–water partition coefficient (Wildman–Crippen LogP) is 4.44. The first-order valence-electron chi connectivity index (χ1n) is 9.07. The Bertz CT molecular complexity index is 230. The van der Waals surface area contributed by atoms with Crippen LogP contribution in [0.3, 0.4) is 0 Å². The van der Waals surface area contributed by atoms with Crippen LogP contribution in [-0.4, -0.2) is 36.1 Å². The lowest BCUT2D eigenvalue weighted by Gasteiger charge is -2.38. The Hall–Kier alpha value is -0.0800. The summed E-state index contributed by atoms with van der Waals surface area (Å²) in [5.74, 6) is 0.757. The highest BCUT2D eigenvalue weighted by molar-refractivity contribution is 4.80. The Labute approximate surface area is 127 Å². The summed E-state index contributed by atoms with van der Waals surface area (Å²) in [7, 11) is 0. The molecule has 0 bridgehead atoms. The van der Waals surface area contributed by atoms with Crippen molar-refractivity contribution in [3.8, 4) is 0 Å². The van der Waals surface area contributed by atoms with Gasteiger partial charge in [0.05, 0.1) is 0 Å². The van der Waals surface area contributed by atoms with Gasteiger partial charge in [-0.25, -0.2) is 0 Å². The van der Waals surface area contributed by atoms with Gasteiger partial charge in [0, 0.05) is 31.2 Å². The third kappa shape index (κ3) is 6.13. The fourth-order valence-corrected chi connectivity index (χ4v) is 3.63. The van der Waals surface area contributed by atoms with Crippen molar-refractivity contribution >= 4 is 0 Å². The molecule has 20 heavy (non-hydrogen) atoms. The average molecular weight is 283 g/mol. The Morgan fingerprint density at radius 2 is 1.60 bits per heavy atom. The van der Waals surface area contributed by atoms with Crippen LogP contribution >= 0.6 is 0 Å². The molecule has 1 atom stereocenters. The number of hydrogen-bond acceptors (Lipinski definition) is 2. The van der Waals surface area contributed by atoms with E-state index in [1.807, 2.05) is 0 Å². The molecule has 1 rings (SSSR count). The maximum absolute atomic E-state index is 3.84.